The molecule has 0 aliphatic heterocycles. The third-order valence-corrected chi connectivity index (χ3v) is 8.98. The van der Waals surface area contributed by atoms with Gasteiger partial charge in [-0.25, -0.2) is 12.8 Å². The molecule has 0 radical (unpaired) electrons. The molecule has 3 aromatic carbocycles. The molecule has 1 atom stereocenters. The number of benzene rings is 3. The number of carbonyl (C=O) groups is 2. The minimum atomic E-state index is -4.33. The van der Waals surface area contributed by atoms with Gasteiger partial charge in [0.1, 0.15) is 24.2 Å². The molecule has 2 amide bonds. The van der Waals surface area contributed by atoms with E-state index in [9.17, 15) is 22.4 Å². The summed E-state index contributed by atoms with van der Waals surface area (Å²) < 4.78 is 47.7. The van der Waals surface area contributed by atoms with E-state index in [4.69, 9.17) is 27.9 Å². The zero-order valence-electron chi connectivity index (χ0n) is 23.6. The van der Waals surface area contributed by atoms with Gasteiger partial charge < -0.3 is 15.0 Å². The molecule has 3 rings (SSSR count). The first-order valence-electron chi connectivity index (χ1n) is 13.5. The van der Waals surface area contributed by atoms with Crippen LogP contribution in [0.25, 0.3) is 0 Å². The maximum absolute atomic E-state index is 14.0. The average Bonchev–Trinajstić information content (AvgIpc) is 2.97. The van der Waals surface area contributed by atoms with E-state index >= 15 is 0 Å². The molecule has 8 nitrogen and oxygen atoms in total. The number of amides is 2. The fourth-order valence-electron chi connectivity index (χ4n) is 4.09. The van der Waals surface area contributed by atoms with Crippen LogP contribution in [0.1, 0.15) is 39.2 Å². The van der Waals surface area contributed by atoms with Gasteiger partial charge in [0.2, 0.25) is 11.8 Å². The van der Waals surface area contributed by atoms with Gasteiger partial charge >= 0.3 is 0 Å². The molecule has 0 aliphatic carbocycles. The van der Waals surface area contributed by atoms with Gasteiger partial charge in [0.25, 0.3) is 10.0 Å². The lowest BCUT2D eigenvalue weighted by atomic mass is 10.1. The molecule has 0 aliphatic rings. The molecule has 0 heterocycles. The van der Waals surface area contributed by atoms with Crippen molar-refractivity contribution in [3.8, 4) is 5.75 Å². The summed E-state index contributed by atoms with van der Waals surface area (Å²) >= 11 is 12.3. The van der Waals surface area contributed by atoms with Crippen molar-refractivity contribution in [2.24, 2.45) is 0 Å². The molecule has 0 saturated heterocycles. The number of halogens is 3. The largest absolute Gasteiger partial charge is 0.494 e. The average molecular weight is 639 g/mol. The van der Waals surface area contributed by atoms with Gasteiger partial charge in [-0.1, -0.05) is 42.6 Å². The molecule has 0 saturated carbocycles. The van der Waals surface area contributed by atoms with Gasteiger partial charge in [0.15, 0.2) is 0 Å². The number of sulfonamides is 1. The van der Waals surface area contributed by atoms with Crippen molar-refractivity contribution in [1.82, 2.24) is 10.2 Å². The highest BCUT2D eigenvalue weighted by Gasteiger charge is 2.32. The third kappa shape index (κ3) is 8.59. The second kappa shape index (κ2) is 15.2. The van der Waals surface area contributed by atoms with Crippen molar-refractivity contribution < 1.29 is 27.1 Å². The highest BCUT2D eigenvalue weighted by atomic mass is 35.5. The third-order valence-electron chi connectivity index (χ3n) is 6.45. The van der Waals surface area contributed by atoms with E-state index in [1.165, 1.54) is 17.0 Å². The number of nitrogens with one attached hydrogen (secondary N) is 1. The summed E-state index contributed by atoms with van der Waals surface area (Å²) in [7, 11) is -4.33. The predicted octanol–water partition coefficient (Wildman–Crippen LogP) is 6.06. The van der Waals surface area contributed by atoms with Crippen LogP contribution in [0, 0.1) is 5.82 Å². The fraction of sp³-hybridized carbons (Fsp3) is 0.333. The molecule has 3 aromatic rings. The molecule has 0 bridgehead atoms. The summed E-state index contributed by atoms with van der Waals surface area (Å²) in [5.74, 6) is -1.11. The zero-order chi connectivity index (χ0) is 30.9. The molecule has 42 heavy (non-hydrogen) atoms. The van der Waals surface area contributed by atoms with Crippen molar-refractivity contribution in [2.45, 2.75) is 51.1 Å². The van der Waals surface area contributed by atoms with Crippen LogP contribution in [0.3, 0.4) is 0 Å². The van der Waals surface area contributed by atoms with Gasteiger partial charge in [-0.2, -0.15) is 0 Å². The Hall–Kier alpha value is -3.34. The maximum atomic E-state index is 14.0. The normalized spacial score (nSPS) is 12.0. The smallest absolute Gasteiger partial charge is 0.264 e. The standard InChI is InChI=1S/C30H34Cl2FN3O5S/c1-4-6-17-34-30(38)21(3)35(19-22-7-16-27(31)28(32)18-22)29(37)20-36(24-10-12-25(13-11-24)41-5-2)42(39,40)26-14-8-23(33)9-15-26/h7-16,18,21H,4-6,17,19-20H2,1-3H3,(H,34,38). The van der Waals surface area contributed by atoms with Crippen molar-refractivity contribution in [3.05, 3.63) is 88.2 Å². The van der Waals surface area contributed by atoms with Crippen LogP contribution in [0.4, 0.5) is 10.1 Å². The monoisotopic (exact) mass is 637 g/mol. The Morgan fingerprint density at radius 3 is 2.24 bits per heavy atom. The number of rotatable bonds is 14. The Morgan fingerprint density at radius 1 is 0.976 bits per heavy atom. The van der Waals surface area contributed by atoms with Crippen LogP contribution in [-0.4, -0.2) is 50.9 Å². The van der Waals surface area contributed by atoms with Crippen LogP contribution >= 0.6 is 23.2 Å². The molecule has 0 fully saturated rings. The summed E-state index contributed by atoms with van der Waals surface area (Å²) in [5, 5.41) is 3.43. The molecule has 1 unspecified atom stereocenters. The highest BCUT2D eigenvalue weighted by molar-refractivity contribution is 7.92. The Labute approximate surface area is 256 Å². The van der Waals surface area contributed by atoms with E-state index in [0.717, 1.165) is 41.4 Å². The number of hydrogen-bond donors (Lipinski definition) is 1. The molecule has 0 aromatic heterocycles. The maximum Gasteiger partial charge on any atom is 0.264 e. The molecular formula is C30H34Cl2FN3O5S. The first-order valence-corrected chi connectivity index (χ1v) is 15.7. The lowest BCUT2D eigenvalue weighted by Gasteiger charge is -2.32. The molecule has 226 valence electrons. The molecule has 1 N–H and O–H groups in total. The lowest BCUT2D eigenvalue weighted by molar-refractivity contribution is -0.139. The predicted molar refractivity (Wildman–Crippen MR) is 163 cm³/mol. The lowest BCUT2D eigenvalue weighted by Crippen LogP contribution is -2.51. The van der Waals surface area contributed by atoms with E-state index in [-0.39, 0.29) is 28.1 Å². The summed E-state index contributed by atoms with van der Waals surface area (Å²) in [6.07, 6.45) is 1.64. The van der Waals surface area contributed by atoms with E-state index in [2.05, 4.69) is 5.32 Å². The SMILES string of the molecule is CCCCNC(=O)C(C)N(Cc1ccc(Cl)c(Cl)c1)C(=O)CN(c1ccc(OCC)cc1)S(=O)(=O)c1ccc(F)cc1. The Balaban J connectivity index is 2.02. The van der Waals surface area contributed by atoms with Crippen LogP contribution < -0.4 is 14.4 Å². The van der Waals surface area contributed by atoms with Gasteiger partial charge in [0.05, 0.1) is 27.2 Å². The summed E-state index contributed by atoms with van der Waals surface area (Å²) in [5.41, 5.74) is 0.783. The Bertz CT molecular complexity index is 1470. The summed E-state index contributed by atoms with van der Waals surface area (Å²) in [6.45, 7) is 5.56. The van der Waals surface area contributed by atoms with E-state index in [0.29, 0.717) is 29.5 Å². The topological polar surface area (TPSA) is 96.0 Å². The van der Waals surface area contributed by atoms with Crippen molar-refractivity contribution in [3.63, 3.8) is 0 Å². The van der Waals surface area contributed by atoms with Crippen LogP contribution in [0.5, 0.6) is 5.75 Å². The Kier molecular flexibility index (Phi) is 12.0. The minimum Gasteiger partial charge on any atom is -0.494 e. The quantitative estimate of drug-likeness (QED) is 0.217. The Morgan fingerprint density at radius 2 is 1.64 bits per heavy atom. The minimum absolute atomic E-state index is 0.0359. The van der Waals surface area contributed by atoms with Crippen LogP contribution in [0.2, 0.25) is 10.0 Å². The number of anilines is 1. The second-order valence-electron chi connectivity index (χ2n) is 9.48. The first kappa shape index (κ1) is 33.2. The number of carbonyl (C=O) groups excluding carboxylic acids is 2. The zero-order valence-corrected chi connectivity index (χ0v) is 26.0. The van der Waals surface area contributed by atoms with Crippen molar-refractivity contribution in [2.75, 3.05) is 24.0 Å². The van der Waals surface area contributed by atoms with Crippen LogP contribution in [-0.2, 0) is 26.2 Å². The van der Waals surface area contributed by atoms with Crippen molar-refractivity contribution >= 4 is 50.7 Å². The van der Waals surface area contributed by atoms with Gasteiger partial charge in [0, 0.05) is 13.1 Å². The molecular weight excluding hydrogens is 604 g/mol. The van der Waals surface area contributed by atoms with E-state index in [1.54, 1.807) is 37.3 Å². The van der Waals surface area contributed by atoms with Crippen LogP contribution in [0.15, 0.2) is 71.6 Å². The van der Waals surface area contributed by atoms with Gasteiger partial charge in [-0.05, 0) is 86.5 Å². The second-order valence-corrected chi connectivity index (χ2v) is 12.2. The highest BCUT2D eigenvalue weighted by Crippen LogP contribution is 2.28. The fourth-order valence-corrected chi connectivity index (χ4v) is 5.83. The number of ether oxygens (including phenoxy) is 1. The van der Waals surface area contributed by atoms with E-state index < -0.39 is 34.3 Å². The number of unbranched alkanes of at least 4 members (excludes halogenated alkanes) is 1. The summed E-state index contributed by atoms with van der Waals surface area (Å²) in [6, 6.07) is 14.4. The van der Waals surface area contributed by atoms with Gasteiger partial charge in [-0.3, -0.25) is 13.9 Å². The number of hydrogen-bond acceptors (Lipinski definition) is 5. The van der Waals surface area contributed by atoms with Crippen molar-refractivity contribution in [1.29, 1.82) is 0 Å². The number of nitrogens with zero attached hydrogens (tertiary/aromatic N) is 2. The van der Waals surface area contributed by atoms with Gasteiger partial charge in [-0.15, -0.1) is 0 Å². The molecule has 0 spiro atoms. The molecule has 12 heteroatoms. The summed E-state index contributed by atoms with van der Waals surface area (Å²) in [4.78, 5) is 28.1. The first-order chi connectivity index (χ1) is 20.0. The van der Waals surface area contributed by atoms with E-state index in [1.807, 2.05) is 13.8 Å².